The highest BCUT2D eigenvalue weighted by Gasteiger charge is 2.40. The summed E-state index contributed by atoms with van der Waals surface area (Å²) in [5, 5.41) is 10.6. The molecule has 0 aromatic heterocycles. The van der Waals surface area contributed by atoms with Crippen LogP contribution in [0.15, 0.2) is 12.3 Å². The van der Waals surface area contributed by atoms with Gasteiger partial charge in [-0.3, -0.25) is 0 Å². The van der Waals surface area contributed by atoms with Gasteiger partial charge >= 0.3 is 6.09 Å². The maximum Gasteiger partial charge on any atom is 0.415 e. The van der Waals surface area contributed by atoms with Crippen LogP contribution in [-0.2, 0) is 4.74 Å². The summed E-state index contributed by atoms with van der Waals surface area (Å²) in [4.78, 5) is 13.8. The summed E-state index contributed by atoms with van der Waals surface area (Å²) in [6.45, 7) is 17.4. The Morgan fingerprint density at radius 2 is 1.48 bits per heavy atom. The van der Waals surface area contributed by atoms with Crippen molar-refractivity contribution in [1.29, 1.82) is 0 Å². The summed E-state index contributed by atoms with van der Waals surface area (Å²) < 4.78 is 5.23. The maximum absolute atomic E-state index is 12.1. The molecule has 1 N–H and O–H groups in total. The molecule has 1 atom stereocenters. The average molecular weight is 299 g/mol. The van der Waals surface area contributed by atoms with E-state index in [4.69, 9.17) is 4.74 Å². The highest BCUT2D eigenvalue weighted by Crippen LogP contribution is 2.37. The third kappa shape index (κ3) is 5.03. The number of aliphatic hydroxyl groups is 1. The third-order valence-corrected chi connectivity index (χ3v) is 4.41. The fourth-order valence-electron chi connectivity index (χ4n) is 2.25. The Morgan fingerprint density at radius 3 is 1.81 bits per heavy atom. The van der Waals surface area contributed by atoms with Crippen molar-refractivity contribution in [2.24, 2.45) is 11.3 Å². The first-order valence-corrected chi connectivity index (χ1v) is 7.73. The summed E-state index contributed by atoms with van der Waals surface area (Å²) in [6, 6.07) is 0.162. The molecule has 0 aliphatic heterocycles. The Balaban J connectivity index is 4.89. The molecule has 0 aromatic rings. The van der Waals surface area contributed by atoms with E-state index in [1.54, 1.807) is 17.9 Å². The largest absolute Gasteiger partial charge is 0.418 e. The van der Waals surface area contributed by atoms with Crippen LogP contribution in [0.5, 0.6) is 0 Å². The minimum absolute atomic E-state index is 0.0812. The van der Waals surface area contributed by atoms with Crippen LogP contribution in [0.25, 0.3) is 0 Å². The van der Waals surface area contributed by atoms with E-state index in [9.17, 15) is 9.90 Å². The number of hydrogen-bond acceptors (Lipinski definition) is 3. The number of hydrogen-bond donors (Lipinski definition) is 1. The van der Waals surface area contributed by atoms with E-state index in [1.807, 2.05) is 55.4 Å². The first-order valence-electron chi connectivity index (χ1n) is 7.73. The Bertz CT molecular complexity index is 360. The molecule has 1 amide bonds. The number of nitrogens with zero attached hydrogens (tertiary/aromatic N) is 1. The first-order chi connectivity index (χ1) is 9.34. The molecule has 4 nitrogen and oxygen atoms in total. The minimum Gasteiger partial charge on any atom is -0.418 e. The number of carbonyl (C=O) groups is 1. The normalized spacial score (nSPS) is 15.9. The quantitative estimate of drug-likeness (QED) is 0.748. The van der Waals surface area contributed by atoms with E-state index >= 15 is 0 Å². The van der Waals surface area contributed by atoms with Gasteiger partial charge in [-0.2, -0.15) is 0 Å². The zero-order chi connectivity index (χ0) is 17.0. The van der Waals surface area contributed by atoms with Crippen LogP contribution in [-0.4, -0.2) is 33.8 Å². The van der Waals surface area contributed by atoms with Crippen molar-refractivity contribution in [3.8, 4) is 0 Å². The lowest BCUT2D eigenvalue weighted by atomic mass is 9.70. The van der Waals surface area contributed by atoms with Gasteiger partial charge in [-0.05, 0) is 46.6 Å². The Kier molecular flexibility index (Phi) is 6.94. The van der Waals surface area contributed by atoms with Gasteiger partial charge in [0, 0.05) is 17.5 Å². The summed E-state index contributed by atoms with van der Waals surface area (Å²) >= 11 is 0. The predicted molar refractivity (Wildman–Crippen MR) is 87.0 cm³/mol. The molecule has 0 fully saturated rings. The topological polar surface area (TPSA) is 49.8 Å². The monoisotopic (exact) mass is 299 g/mol. The second-order valence-electron chi connectivity index (χ2n) is 7.31. The van der Waals surface area contributed by atoms with Crippen LogP contribution in [0.4, 0.5) is 4.79 Å². The Labute approximate surface area is 130 Å². The van der Waals surface area contributed by atoms with E-state index in [0.29, 0.717) is 0 Å². The SMILES string of the molecule is CC(C)N(C(=O)O/C=C\C(C)(C)C(C)(O)C(C)C)C(C)C. The molecule has 21 heavy (non-hydrogen) atoms. The van der Waals surface area contributed by atoms with Crippen molar-refractivity contribution in [2.45, 2.75) is 80.0 Å². The molecule has 0 heterocycles. The second kappa shape index (κ2) is 7.30. The van der Waals surface area contributed by atoms with E-state index in [1.165, 1.54) is 6.26 Å². The summed E-state index contributed by atoms with van der Waals surface area (Å²) in [5.41, 5.74) is -1.38. The van der Waals surface area contributed by atoms with Crippen LogP contribution in [0.3, 0.4) is 0 Å². The van der Waals surface area contributed by atoms with Crippen molar-refractivity contribution in [3.63, 3.8) is 0 Å². The number of carbonyl (C=O) groups excluding carboxylic acids is 1. The van der Waals surface area contributed by atoms with Gasteiger partial charge in [0.1, 0.15) is 0 Å². The number of rotatable bonds is 6. The number of amides is 1. The predicted octanol–water partition coefficient (Wildman–Crippen LogP) is 4.19. The molecule has 0 saturated carbocycles. The smallest absolute Gasteiger partial charge is 0.415 e. The molecule has 1 unspecified atom stereocenters. The van der Waals surface area contributed by atoms with Gasteiger partial charge in [0.05, 0.1) is 11.9 Å². The molecule has 0 bridgehead atoms. The van der Waals surface area contributed by atoms with Crippen molar-refractivity contribution < 1.29 is 14.6 Å². The molecule has 4 heteroatoms. The highest BCUT2D eigenvalue weighted by molar-refractivity contribution is 5.69. The van der Waals surface area contributed by atoms with Crippen molar-refractivity contribution in [1.82, 2.24) is 4.90 Å². The molecular weight excluding hydrogens is 266 g/mol. The first kappa shape index (κ1) is 20.0. The van der Waals surface area contributed by atoms with Crippen LogP contribution >= 0.6 is 0 Å². The van der Waals surface area contributed by atoms with Gasteiger partial charge < -0.3 is 14.7 Å². The van der Waals surface area contributed by atoms with Crippen LogP contribution in [0, 0.1) is 11.3 Å². The van der Waals surface area contributed by atoms with Crippen molar-refractivity contribution >= 4 is 6.09 Å². The van der Waals surface area contributed by atoms with Gasteiger partial charge in [0.2, 0.25) is 0 Å². The molecular formula is C17H33NO3. The standard InChI is InChI=1S/C17H33NO3/c1-12(2)17(9,20)16(7,8)10-11-21-15(19)18(13(3)4)14(5)6/h10-14,20H,1-9H3/b11-10-. The fourth-order valence-corrected chi connectivity index (χ4v) is 2.25. The number of ether oxygens (including phenoxy) is 1. The summed E-state index contributed by atoms with van der Waals surface area (Å²) in [5.74, 6) is 0.0932. The van der Waals surface area contributed by atoms with Crippen molar-refractivity contribution in [2.75, 3.05) is 0 Å². The molecule has 124 valence electrons. The van der Waals surface area contributed by atoms with Gasteiger partial charge in [0.15, 0.2) is 0 Å². The van der Waals surface area contributed by atoms with Crippen LogP contribution in [0.1, 0.15) is 62.3 Å². The second-order valence-corrected chi connectivity index (χ2v) is 7.31. The maximum atomic E-state index is 12.1. The van der Waals surface area contributed by atoms with E-state index < -0.39 is 11.0 Å². The lowest BCUT2D eigenvalue weighted by Crippen LogP contribution is -2.45. The third-order valence-electron chi connectivity index (χ3n) is 4.41. The van der Waals surface area contributed by atoms with Gasteiger partial charge in [-0.1, -0.05) is 27.7 Å². The van der Waals surface area contributed by atoms with Gasteiger partial charge in [0.25, 0.3) is 0 Å². The molecule has 0 aliphatic carbocycles. The Hall–Kier alpha value is -1.03. The van der Waals surface area contributed by atoms with Gasteiger partial charge in [-0.15, -0.1) is 0 Å². The molecule has 0 spiro atoms. The average Bonchev–Trinajstić information content (AvgIpc) is 2.26. The van der Waals surface area contributed by atoms with E-state index in [0.717, 1.165) is 0 Å². The molecule has 0 saturated heterocycles. The molecule has 0 radical (unpaired) electrons. The minimum atomic E-state index is -0.883. The lowest BCUT2D eigenvalue weighted by molar-refractivity contribution is -0.0649. The summed E-state index contributed by atoms with van der Waals surface area (Å²) in [6.07, 6.45) is 2.79. The van der Waals surface area contributed by atoms with E-state index in [2.05, 4.69) is 0 Å². The van der Waals surface area contributed by atoms with E-state index in [-0.39, 0.29) is 24.1 Å². The molecule has 0 aliphatic rings. The zero-order valence-corrected chi connectivity index (χ0v) is 15.1. The molecule has 0 aromatic carbocycles. The molecule has 0 rings (SSSR count). The van der Waals surface area contributed by atoms with Gasteiger partial charge in [-0.25, -0.2) is 4.79 Å². The Morgan fingerprint density at radius 1 is 1.05 bits per heavy atom. The van der Waals surface area contributed by atoms with Crippen LogP contribution in [0.2, 0.25) is 0 Å². The van der Waals surface area contributed by atoms with Crippen LogP contribution < -0.4 is 0 Å². The highest BCUT2D eigenvalue weighted by atomic mass is 16.5. The summed E-state index contributed by atoms with van der Waals surface area (Å²) in [7, 11) is 0. The van der Waals surface area contributed by atoms with Crippen molar-refractivity contribution in [3.05, 3.63) is 12.3 Å². The zero-order valence-electron chi connectivity index (χ0n) is 15.1. The fraction of sp³-hybridized carbons (Fsp3) is 0.824. The lowest BCUT2D eigenvalue weighted by Gasteiger charge is -2.41.